The first-order chi connectivity index (χ1) is 19.9. The Labute approximate surface area is 251 Å². The van der Waals surface area contributed by atoms with E-state index in [0.717, 1.165) is 17.7 Å². The molecule has 0 saturated heterocycles. The standard InChI is InChI=1S/C34H50FN3O4/c1-8-12-29(33(40)36-20-24(6)17-27-14-9-10-16-30(27)42-21-22(2)3)37-34(41)31(23(4)5)38-32(39)25(7)18-26-13-11-15-28(35)19-26/h9-11,13-16,19,22-25,29,31H,8,12,17-18,20-21H2,1-7H3,(H,36,40)(H,37,41)(H,38,39)/t24-,25+,29-,31+/m0/s1. The van der Waals surface area contributed by atoms with Gasteiger partial charge >= 0.3 is 0 Å². The van der Waals surface area contributed by atoms with Gasteiger partial charge in [-0.25, -0.2) is 4.39 Å². The van der Waals surface area contributed by atoms with Crippen LogP contribution < -0.4 is 20.7 Å². The van der Waals surface area contributed by atoms with Crippen LogP contribution in [0.4, 0.5) is 4.39 Å². The van der Waals surface area contributed by atoms with Crippen molar-refractivity contribution in [1.82, 2.24) is 16.0 Å². The highest BCUT2D eigenvalue weighted by molar-refractivity contribution is 5.92. The second kappa shape index (κ2) is 17.5. The van der Waals surface area contributed by atoms with Gasteiger partial charge < -0.3 is 20.7 Å². The number of carbonyl (C=O) groups excluding carboxylic acids is 3. The molecule has 0 fully saturated rings. The number of rotatable bonds is 17. The van der Waals surface area contributed by atoms with Crippen molar-refractivity contribution < 1.29 is 23.5 Å². The van der Waals surface area contributed by atoms with Crippen molar-refractivity contribution in [3.8, 4) is 5.75 Å². The van der Waals surface area contributed by atoms with Crippen LogP contribution in [0, 0.1) is 29.5 Å². The lowest BCUT2D eigenvalue weighted by Gasteiger charge is -2.26. The molecule has 2 aromatic carbocycles. The summed E-state index contributed by atoms with van der Waals surface area (Å²) in [7, 11) is 0. The second-order valence-corrected chi connectivity index (χ2v) is 12.2. The topological polar surface area (TPSA) is 96.5 Å². The molecule has 0 spiro atoms. The van der Waals surface area contributed by atoms with Gasteiger partial charge in [0.05, 0.1) is 6.61 Å². The van der Waals surface area contributed by atoms with Gasteiger partial charge in [-0.15, -0.1) is 0 Å². The van der Waals surface area contributed by atoms with E-state index in [4.69, 9.17) is 4.74 Å². The Hall–Kier alpha value is -3.42. The van der Waals surface area contributed by atoms with Crippen molar-refractivity contribution in [1.29, 1.82) is 0 Å². The van der Waals surface area contributed by atoms with Crippen LogP contribution in [0.25, 0.3) is 0 Å². The average Bonchev–Trinajstić information content (AvgIpc) is 2.93. The second-order valence-electron chi connectivity index (χ2n) is 12.2. The molecule has 7 nitrogen and oxygen atoms in total. The van der Waals surface area contributed by atoms with Crippen LogP contribution in [0.1, 0.15) is 72.4 Å². The van der Waals surface area contributed by atoms with E-state index >= 15 is 0 Å². The third-order valence-electron chi connectivity index (χ3n) is 7.07. The van der Waals surface area contributed by atoms with Crippen LogP contribution >= 0.6 is 0 Å². The Morgan fingerprint density at radius 2 is 1.57 bits per heavy atom. The lowest BCUT2D eigenvalue weighted by atomic mass is 9.97. The van der Waals surface area contributed by atoms with Crippen molar-refractivity contribution in [3.05, 3.63) is 65.5 Å². The van der Waals surface area contributed by atoms with E-state index in [1.54, 1.807) is 19.1 Å². The molecule has 0 saturated carbocycles. The number of hydrogen-bond donors (Lipinski definition) is 3. The molecule has 0 aliphatic carbocycles. The van der Waals surface area contributed by atoms with Gasteiger partial charge in [0.25, 0.3) is 0 Å². The highest BCUT2D eigenvalue weighted by Gasteiger charge is 2.30. The summed E-state index contributed by atoms with van der Waals surface area (Å²) in [5.74, 6) is -0.496. The zero-order valence-electron chi connectivity index (χ0n) is 26.3. The molecule has 0 bridgehead atoms. The van der Waals surface area contributed by atoms with Crippen LogP contribution in [0.15, 0.2) is 48.5 Å². The summed E-state index contributed by atoms with van der Waals surface area (Å²) in [6, 6.07) is 12.6. The summed E-state index contributed by atoms with van der Waals surface area (Å²) in [6.07, 6.45) is 2.28. The number of hydrogen-bond acceptors (Lipinski definition) is 4. The molecular formula is C34H50FN3O4. The Morgan fingerprint density at radius 3 is 2.21 bits per heavy atom. The smallest absolute Gasteiger partial charge is 0.243 e. The van der Waals surface area contributed by atoms with Gasteiger partial charge in [0.15, 0.2) is 0 Å². The maximum absolute atomic E-state index is 13.6. The van der Waals surface area contributed by atoms with Gasteiger partial charge in [-0.2, -0.15) is 0 Å². The highest BCUT2D eigenvalue weighted by atomic mass is 19.1. The molecule has 4 atom stereocenters. The number of halogens is 1. The fourth-order valence-electron chi connectivity index (χ4n) is 4.67. The molecule has 42 heavy (non-hydrogen) atoms. The summed E-state index contributed by atoms with van der Waals surface area (Å²) in [6.45, 7) is 14.8. The summed E-state index contributed by atoms with van der Waals surface area (Å²) in [5, 5.41) is 8.73. The fraction of sp³-hybridized carbons (Fsp3) is 0.559. The monoisotopic (exact) mass is 583 g/mol. The van der Waals surface area contributed by atoms with E-state index in [2.05, 4.69) is 36.7 Å². The number of nitrogens with one attached hydrogen (secondary N) is 3. The molecule has 0 aliphatic rings. The first-order valence-corrected chi connectivity index (χ1v) is 15.2. The molecular weight excluding hydrogens is 533 g/mol. The van der Waals surface area contributed by atoms with Crippen LogP contribution in [0.3, 0.4) is 0 Å². The van der Waals surface area contributed by atoms with Gasteiger partial charge in [0, 0.05) is 12.5 Å². The minimum absolute atomic E-state index is 0.151. The number of para-hydroxylation sites is 1. The van der Waals surface area contributed by atoms with Gasteiger partial charge in [-0.1, -0.05) is 85.2 Å². The molecule has 232 valence electrons. The lowest BCUT2D eigenvalue weighted by molar-refractivity contribution is -0.134. The van der Waals surface area contributed by atoms with Crippen molar-refractivity contribution >= 4 is 17.7 Å². The Morgan fingerprint density at radius 1 is 0.857 bits per heavy atom. The molecule has 3 N–H and O–H groups in total. The summed E-state index contributed by atoms with van der Waals surface area (Å²) in [5.41, 5.74) is 1.81. The third-order valence-corrected chi connectivity index (χ3v) is 7.07. The zero-order chi connectivity index (χ0) is 31.2. The molecule has 2 rings (SSSR count). The van der Waals surface area contributed by atoms with Gasteiger partial charge in [0.1, 0.15) is 23.7 Å². The highest BCUT2D eigenvalue weighted by Crippen LogP contribution is 2.22. The van der Waals surface area contributed by atoms with Crippen molar-refractivity contribution in [2.75, 3.05) is 13.2 Å². The third kappa shape index (κ3) is 11.8. The van der Waals surface area contributed by atoms with E-state index in [-0.39, 0.29) is 29.5 Å². The lowest BCUT2D eigenvalue weighted by Crippen LogP contribution is -2.56. The Bertz CT molecular complexity index is 1150. The maximum Gasteiger partial charge on any atom is 0.243 e. The SMILES string of the molecule is CCC[C@H](NC(=O)[C@H](NC(=O)[C@H](C)Cc1cccc(F)c1)C(C)C)C(=O)NC[C@@H](C)Cc1ccccc1OCC(C)C. The normalized spacial score (nSPS) is 14.1. The number of ether oxygens (including phenoxy) is 1. The minimum atomic E-state index is -0.805. The Balaban J connectivity index is 1.96. The largest absolute Gasteiger partial charge is 0.493 e. The van der Waals surface area contributed by atoms with Crippen LogP contribution in [-0.2, 0) is 27.2 Å². The Kier molecular flexibility index (Phi) is 14.5. The number of carbonyl (C=O) groups is 3. The van der Waals surface area contributed by atoms with Gasteiger partial charge in [-0.3, -0.25) is 14.4 Å². The van der Waals surface area contributed by atoms with Crippen molar-refractivity contribution in [3.63, 3.8) is 0 Å². The first kappa shape index (κ1) is 34.8. The quantitative estimate of drug-likeness (QED) is 0.230. The zero-order valence-corrected chi connectivity index (χ0v) is 26.3. The van der Waals surface area contributed by atoms with Crippen LogP contribution in [0.2, 0.25) is 0 Å². The molecule has 0 aromatic heterocycles. The molecule has 8 heteroatoms. The molecule has 3 amide bonds. The molecule has 2 aromatic rings. The van der Waals surface area contributed by atoms with E-state index in [9.17, 15) is 18.8 Å². The molecule has 0 heterocycles. The summed E-state index contributed by atoms with van der Waals surface area (Å²) < 4.78 is 19.5. The van der Waals surface area contributed by atoms with E-state index in [1.807, 2.05) is 45.0 Å². The first-order valence-electron chi connectivity index (χ1n) is 15.2. The minimum Gasteiger partial charge on any atom is -0.493 e. The maximum atomic E-state index is 13.6. The van der Waals surface area contributed by atoms with Gasteiger partial charge in [0.2, 0.25) is 17.7 Å². The van der Waals surface area contributed by atoms with Crippen LogP contribution in [-0.4, -0.2) is 43.0 Å². The predicted octanol–water partition coefficient (Wildman–Crippen LogP) is 5.46. The summed E-state index contributed by atoms with van der Waals surface area (Å²) in [4.78, 5) is 39.4. The van der Waals surface area contributed by atoms with Crippen molar-refractivity contribution in [2.45, 2.75) is 86.2 Å². The van der Waals surface area contributed by atoms with Crippen molar-refractivity contribution in [2.24, 2.45) is 23.7 Å². The molecule has 0 unspecified atom stereocenters. The van der Waals surface area contributed by atoms with E-state index < -0.39 is 23.9 Å². The summed E-state index contributed by atoms with van der Waals surface area (Å²) >= 11 is 0. The molecule has 0 radical (unpaired) electrons. The fourth-order valence-corrected chi connectivity index (χ4v) is 4.67. The molecule has 0 aliphatic heterocycles. The average molecular weight is 584 g/mol. The van der Waals surface area contributed by atoms with Gasteiger partial charge in [-0.05, 0) is 66.3 Å². The van der Waals surface area contributed by atoms with E-state index in [0.29, 0.717) is 43.9 Å². The number of benzene rings is 2. The number of amides is 3. The van der Waals surface area contributed by atoms with E-state index in [1.165, 1.54) is 12.1 Å². The van der Waals surface area contributed by atoms with Crippen LogP contribution in [0.5, 0.6) is 5.75 Å². The predicted molar refractivity (Wildman–Crippen MR) is 166 cm³/mol.